The molecule has 6 heteroatoms. The Labute approximate surface area is 109 Å². The first-order valence-corrected chi connectivity index (χ1v) is 5.41. The highest BCUT2D eigenvalue weighted by Gasteiger charge is 2.15. The van der Waals surface area contributed by atoms with Gasteiger partial charge in [-0.2, -0.15) is 0 Å². The van der Waals surface area contributed by atoms with Gasteiger partial charge in [-0.1, -0.05) is 0 Å². The average Bonchev–Trinajstić information content (AvgIpc) is 2.46. The van der Waals surface area contributed by atoms with Crippen molar-refractivity contribution in [2.75, 3.05) is 14.2 Å². The molecule has 0 unspecified atom stereocenters. The molecule has 0 aliphatic rings. The number of benzene rings is 1. The molecule has 1 aromatic heterocycles. The van der Waals surface area contributed by atoms with Crippen LogP contribution < -0.4 is 4.74 Å². The number of ether oxygens (including phenoxy) is 2. The highest BCUT2D eigenvalue weighted by atomic mass is 19.1. The highest BCUT2D eigenvalue weighted by Crippen LogP contribution is 2.27. The Morgan fingerprint density at radius 1 is 1.21 bits per heavy atom. The van der Waals surface area contributed by atoms with Crippen molar-refractivity contribution in [2.24, 2.45) is 0 Å². The molecular weight excluding hydrogens is 251 g/mol. The fourth-order valence-electron chi connectivity index (χ4n) is 1.52. The van der Waals surface area contributed by atoms with E-state index in [-0.39, 0.29) is 11.6 Å². The van der Waals surface area contributed by atoms with Crippen molar-refractivity contribution in [3.05, 3.63) is 42.1 Å². The van der Waals surface area contributed by atoms with E-state index in [9.17, 15) is 9.18 Å². The lowest BCUT2D eigenvalue weighted by Gasteiger charge is -2.08. The zero-order valence-corrected chi connectivity index (χ0v) is 10.4. The molecule has 0 fully saturated rings. The van der Waals surface area contributed by atoms with Gasteiger partial charge in [-0.3, -0.25) is 0 Å². The molecule has 0 saturated carbocycles. The van der Waals surface area contributed by atoms with Crippen LogP contribution in [0.5, 0.6) is 5.75 Å². The normalized spacial score (nSPS) is 10.1. The van der Waals surface area contributed by atoms with Gasteiger partial charge in [0, 0.05) is 5.56 Å². The largest absolute Gasteiger partial charge is 0.493 e. The summed E-state index contributed by atoms with van der Waals surface area (Å²) in [5.41, 5.74) is 1.02. The van der Waals surface area contributed by atoms with E-state index in [1.54, 1.807) is 12.1 Å². The van der Waals surface area contributed by atoms with E-state index >= 15 is 0 Å². The maximum atomic E-state index is 12.9. The van der Waals surface area contributed by atoms with Crippen LogP contribution in [0.3, 0.4) is 0 Å². The Morgan fingerprint density at radius 3 is 2.47 bits per heavy atom. The molecule has 19 heavy (non-hydrogen) atoms. The van der Waals surface area contributed by atoms with Gasteiger partial charge in [0.05, 0.1) is 20.4 Å². The van der Waals surface area contributed by atoms with Gasteiger partial charge in [0.2, 0.25) is 5.82 Å². The van der Waals surface area contributed by atoms with Gasteiger partial charge in [0.15, 0.2) is 5.75 Å². The van der Waals surface area contributed by atoms with E-state index in [1.807, 2.05) is 0 Å². The molecule has 0 amide bonds. The summed E-state index contributed by atoms with van der Waals surface area (Å²) in [5.74, 6) is -0.696. The zero-order valence-electron chi connectivity index (χ0n) is 10.4. The maximum absolute atomic E-state index is 12.9. The lowest BCUT2D eigenvalue weighted by atomic mass is 10.1. The molecule has 0 spiro atoms. The fraction of sp³-hybridized carbons (Fsp3) is 0.154. The number of halogens is 1. The SMILES string of the molecule is COC(=O)c1ncc(OC)c(-c2ccc(F)cc2)n1. The second-order valence-electron chi connectivity index (χ2n) is 3.61. The summed E-state index contributed by atoms with van der Waals surface area (Å²) < 4.78 is 22.6. The van der Waals surface area contributed by atoms with Crippen LogP contribution in [0.2, 0.25) is 0 Å². The third kappa shape index (κ3) is 2.67. The first-order chi connectivity index (χ1) is 9.15. The van der Waals surface area contributed by atoms with Crippen molar-refractivity contribution in [3.63, 3.8) is 0 Å². The van der Waals surface area contributed by atoms with Crippen LogP contribution in [0, 0.1) is 5.82 Å². The third-order valence-corrected chi connectivity index (χ3v) is 2.46. The van der Waals surface area contributed by atoms with Crippen molar-refractivity contribution in [2.45, 2.75) is 0 Å². The van der Waals surface area contributed by atoms with Gasteiger partial charge in [0.1, 0.15) is 11.5 Å². The van der Waals surface area contributed by atoms with E-state index in [0.717, 1.165) is 0 Å². The van der Waals surface area contributed by atoms with Crippen LogP contribution in [-0.2, 0) is 4.74 Å². The van der Waals surface area contributed by atoms with Gasteiger partial charge in [-0.05, 0) is 24.3 Å². The average molecular weight is 262 g/mol. The summed E-state index contributed by atoms with van der Waals surface area (Å²) in [4.78, 5) is 19.3. The number of methoxy groups -OCH3 is 2. The molecule has 0 bridgehead atoms. The van der Waals surface area contributed by atoms with Crippen LogP contribution >= 0.6 is 0 Å². The molecule has 2 rings (SSSR count). The van der Waals surface area contributed by atoms with Crippen molar-refractivity contribution in [3.8, 4) is 17.0 Å². The number of nitrogens with zero attached hydrogens (tertiary/aromatic N) is 2. The molecule has 0 aliphatic carbocycles. The highest BCUT2D eigenvalue weighted by molar-refractivity contribution is 5.86. The van der Waals surface area contributed by atoms with Crippen LogP contribution in [0.4, 0.5) is 4.39 Å². The molecule has 0 atom stereocenters. The number of aromatic nitrogens is 2. The molecule has 0 radical (unpaired) electrons. The summed E-state index contributed by atoms with van der Waals surface area (Å²) in [7, 11) is 2.71. The minimum absolute atomic E-state index is 0.0809. The summed E-state index contributed by atoms with van der Waals surface area (Å²) in [6.07, 6.45) is 1.37. The molecule has 0 aliphatic heterocycles. The molecule has 1 aromatic carbocycles. The van der Waals surface area contributed by atoms with Gasteiger partial charge in [-0.25, -0.2) is 19.2 Å². The van der Waals surface area contributed by atoms with Crippen molar-refractivity contribution < 1.29 is 18.7 Å². The predicted molar refractivity (Wildman–Crippen MR) is 65.3 cm³/mol. The minimum Gasteiger partial charge on any atom is -0.493 e. The standard InChI is InChI=1S/C13H11FN2O3/c1-18-10-7-15-12(13(17)19-2)16-11(10)8-3-5-9(14)6-4-8/h3-7H,1-2H3. The van der Waals surface area contributed by atoms with Crippen molar-refractivity contribution >= 4 is 5.97 Å². The molecule has 98 valence electrons. The van der Waals surface area contributed by atoms with E-state index in [1.165, 1.54) is 32.5 Å². The van der Waals surface area contributed by atoms with Gasteiger partial charge < -0.3 is 9.47 Å². The van der Waals surface area contributed by atoms with E-state index in [0.29, 0.717) is 17.0 Å². The number of esters is 1. The number of carbonyl (C=O) groups excluding carboxylic acids is 1. The Hall–Kier alpha value is -2.50. The number of rotatable bonds is 3. The predicted octanol–water partition coefficient (Wildman–Crippen LogP) is 2.08. The summed E-state index contributed by atoms with van der Waals surface area (Å²) in [6, 6.07) is 5.69. The van der Waals surface area contributed by atoms with Crippen LogP contribution in [0.15, 0.2) is 30.5 Å². The molecular formula is C13H11FN2O3. The Kier molecular flexibility index (Phi) is 3.70. The zero-order chi connectivity index (χ0) is 13.8. The second kappa shape index (κ2) is 5.43. The summed E-state index contributed by atoms with van der Waals surface area (Å²) >= 11 is 0. The topological polar surface area (TPSA) is 61.3 Å². The Morgan fingerprint density at radius 2 is 1.89 bits per heavy atom. The first kappa shape index (κ1) is 12.9. The van der Waals surface area contributed by atoms with Crippen LogP contribution in [0.25, 0.3) is 11.3 Å². The number of carbonyl (C=O) groups is 1. The van der Waals surface area contributed by atoms with Gasteiger partial charge in [0.25, 0.3) is 0 Å². The van der Waals surface area contributed by atoms with Gasteiger partial charge in [-0.15, -0.1) is 0 Å². The first-order valence-electron chi connectivity index (χ1n) is 5.41. The minimum atomic E-state index is -0.647. The number of hydrogen-bond acceptors (Lipinski definition) is 5. The van der Waals surface area contributed by atoms with E-state index in [2.05, 4.69) is 14.7 Å². The quantitative estimate of drug-likeness (QED) is 0.792. The Bertz CT molecular complexity index is 599. The van der Waals surface area contributed by atoms with Crippen molar-refractivity contribution in [1.29, 1.82) is 0 Å². The summed E-state index contributed by atoms with van der Waals surface area (Å²) in [5, 5.41) is 0. The maximum Gasteiger partial charge on any atom is 0.376 e. The van der Waals surface area contributed by atoms with Gasteiger partial charge >= 0.3 is 5.97 Å². The lowest BCUT2D eigenvalue weighted by molar-refractivity contribution is 0.0586. The van der Waals surface area contributed by atoms with Crippen LogP contribution in [0.1, 0.15) is 10.6 Å². The smallest absolute Gasteiger partial charge is 0.376 e. The third-order valence-electron chi connectivity index (χ3n) is 2.46. The molecule has 5 nitrogen and oxygen atoms in total. The molecule has 1 heterocycles. The monoisotopic (exact) mass is 262 g/mol. The molecule has 0 N–H and O–H groups in total. The lowest BCUT2D eigenvalue weighted by Crippen LogP contribution is -2.08. The molecule has 2 aromatic rings. The summed E-state index contributed by atoms with van der Waals surface area (Å²) in [6.45, 7) is 0. The second-order valence-corrected chi connectivity index (χ2v) is 3.61. The van der Waals surface area contributed by atoms with E-state index in [4.69, 9.17) is 4.74 Å². The van der Waals surface area contributed by atoms with Crippen LogP contribution in [-0.4, -0.2) is 30.2 Å². The van der Waals surface area contributed by atoms with Crippen molar-refractivity contribution in [1.82, 2.24) is 9.97 Å². The number of hydrogen-bond donors (Lipinski definition) is 0. The molecule has 0 saturated heterocycles. The fourth-order valence-corrected chi connectivity index (χ4v) is 1.52. The van der Waals surface area contributed by atoms with E-state index < -0.39 is 5.97 Å². The Balaban J connectivity index is 2.52.